The van der Waals surface area contributed by atoms with E-state index in [0.717, 1.165) is 25.1 Å². The molecule has 1 fully saturated rings. The molecule has 15 heavy (non-hydrogen) atoms. The molecule has 1 aromatic rings. The number of hydrogen-bond donors (Lipinski definition) is 1. The fraction of sp³-hybridized carbons (Fsp3) is 0.800. The minimum absolute atomic E-state index is 0.233. The van der Waals surface area contributed by atoms with Crippen molar-refractivity contribution < 1.29 is 9.84 Å². The summed E-state index contributed by atoms with van der Waals surface area (Å²) in [5.41, 5.74) is 0.836. The van der Waals surface area contributed by atoms with Crippen LogP contribution in [0.25, 0.3) is 0 Å². The van der Waals surface area contributed by atoms with E-state index in [-0.39, 0.29) is 12.2 Å². The normalized spacial score (nSPS) is 23.2. The van der Waals surface area contributed by atoms with Gasteiger partial charge in [0.15, 0.2) is 0 Å². The molecule has 0 saturated carbocycles. The zero-order valence-corrected chi connectivity index (χ0v) is 8.96. The van der Waals surface area contributed by atoms with Crippen molar-refractivity contribution in [2.45, 2.75) is 37.9 Å². The minimum atomic E-state index is -0.371. The monoisotopic (exact) mass is 211 g/mol. The molecule has 0 bridgehead atoms. The van der Waals surface area contributed by atoms with Crippen LogP contribution < -0.4 is 0 Å². The largest absolute Gasteiger partial charge is 0.393 e. The molecule has 1 aliphatic heterocycles. The van der Waals surface area contributed by atoms with Gasteiger partial charge in [0.25, 0.3) is 0 Å². The van der Waals surface area contributed by atoms with E-state index >= 15 is 0 Å². The lowest BCUT2D eigenvalue weighted by Crippen LogP contribution is -2.19. The van der Waals surface area contributed by atoms with Crippen LogP contribution in [-0.2, 0) is 18.2 Å². The fourth-order valence-corrected chi connectivity index (χ4v) is 1.95. The van der Waals surface area contributed by atoms with E-state index in [0.29, 0.717) is 12.8 Å². The number of hydrogen-bond acceptors (Lipinski definition) is 4. The van der Waals surface area contributed by atoms with Crippen LogP contribution in [0, 0.1) is 0 Å². The number of aliphatic hydroxyl groups excluding tert-OH is 1. The highest BCUT2D eigenvalue weighted by molar-refractivity contribution is 4.94. The summed E-state index contributed by atoms with van der Waals surface area (Å²) in [6.45, 7) is 0.836. The molecule has 2 heterocycles. The van der Waals surface area contributed by atoms with Crippen LogP contribution >= 0.6 is 0 Å². The van der Waals surface area contributed by atoms with Crippen LogP contribution in [0.5, 0.6) is 0 Å². The molecule has 5 nitrogen and oxygen atoms in total. The number of aryl methyl sites for hydroxylation is 1. The summed E-state index contributed by atoms with van der Waals surface area (Å²) in [6.07, 6.45) is 5.14. The maximum Gasteiger partial charge on any atom is 0.0852 e. The number of nitrogens with zero attached hydrogens (tertiary/aromatic N) is 3. The van der Waals surface area contributed by atoms with Crippen molar-refractivity contribution in [2.75, 3.05) is 6.61 Å². The first kappa shape index (κ1) is 10.6. The van der Waals surface area contributed by atoms with Gasteiger partial charge >= 0.3 is 0 Å². The molecule has 0 spiro atoms. The maximum atomic E-state index is 9.82. The van der Waals surface area contributed by atoms with E-state index in [1.54, 1.807) is 4.68 Å². The number of ether oxygens (including phenoxy) is 1. The van der Waals surface area contributed by atoms with Crippen molar-refractivity contribution in [1.82, 2.24) is 15.0 Å². The first-order valence-corrected chi connectivity index (χ1v) is 5.39. The lowest BCUT2D eigenvalue weighted by atomic mass is 10.1. The minimum Gasteiger partial charge on any atom is -0.393 e. The predicted octanol–water partition coefficient (Wildman–Crippen LogP) is 0.288. The van der Waals surface area contributed by atoms with E-state index in [2.05, 4.69) is 10.3 Å². The third kappa shape index (κ3) is 3.00. The third-order valence-electron chi connectivity index (χ3n) is 2.65. The van der Waals surface area contributed by atoms with Crippen LogP contribution in [0.2, 0.25) is 0 Å². The van der Waals surface area contributed by atoms with Gasteiger partial charge in [0.1, 0.15) is 0 Å². The van der Waals surface area contributed by atoms with Crippen molar-refractivity contribution >= 4 is 0 Å². The lowest BCUT2D eigenvalue weighted by Gasteiger charge is -2.13. The maximum absolute atomic E-state index is 9.82. The van der Waals surface area contributed by atoms with E-state index in [4.69, 9.17) is 4.74 Å². The Morgan fingerprint density at radius 1 is 1.73 bits per heavy atom. The molecule has 0 radical (unpaired) electrons. The second kappa shape index (κ2) is 4.72. The van der Waals surface area contributed by atoms with Crippen molar-refractivity contribution in [1.29, 1.82) is 0 Å². The van der Waals surface area contributed by atoms with E-state index in [1.807, 2.05) is 13.2 Å². The van der Waals surface area contributed by atoms with Gasteiger partial charge in [-0.15, -0.1) is 5.10 Å². The second-order valence-electron chi connectivity index (χ2n) is 4.11. The van der Waals surface area contributed by atoms with Gasteiger partial charge in [-0.05, 0) is 19.3 Å². The second-order valence-corrected chi connectivity index (χ2v) is 4.11. The lowest BCUT2D eigenvalue weighted by molar-refractivity contribution is 0.0537. The fourth-order valence-electron chi connectivity index (χ4n) is 1.95. The van der Waals surface area contributed by atoms with Gasteiger partial charge in [0.05, 0.1) is 17.9 Å². The van der Waals surface area contributed by atoms with Crippen molar-refractivity contribution in [3.63, 3.8) is 0 Å². The van der Waals surface area contributed by atoms with E-state index in [9.17, 15) is 5.11 Å². The van der Waals surface area contributed by atoms with E-state index in [1.165, 1.54) is 0 Å². The van der Waals surface area contributed by atoms with Gasteiger partial charge in [0.2, 0.25) is 0 Å². The zero-order chi connectivity index (χ0) is 10.7. The molecule has 2 unspecified atom stereocenters. The Morgan fingerprint density at radius 2 is 2.60 bits per heavy atom. The molecular formula is C10H17N3O2. The zero-order valence-electron chi connectivity index (χ0n) is 8.96. The summed E-state index contributed by atoms with van der Waals surface area (Å²) < 4.78 is 7.11. The van der Waals surface area contributed by atoms with Crippen LogP contribution in [0.3, 0.4) is 0 Å². The molecule has 1 saturated heterocycles. The summed E-state index contributed by atoms with van der Waals surface area (Å²) in [4.78, 5) is 0. The predicted molar refractivity (Wildman–Crippen MR) is 54.3 cm³/mol. The van der Waals surface area contributed by atoms with Crippen LogP contribution in [0.15, 0.2) is 6.20 Å². The van der Waals surface area contributed by atoms with Gasteiger partial charge in [-0.1, -0.05) is 5.21 Å². The highest BCUT2D eigenvalue weighted by Crippen LogP contribution is 2.18. The molecular weight excluding hydrogens is 194 g/mol. The average Bonchev–Trinajstić information content (AvgIpc) is 2.77. The summed E-state index contributed by atoms with van der Waals surface area (Å²) in [5, 5.41) is 17.6. The molecule has 2 atom stereocenters. The molecule has 0 aromatic carbocycles. The van der Waals surface area contributed by atoms with Crippen LogP contribution in [0.1, 0.15) is 25.0 Å². The average molecular weight is 211 g/mol. The van der Waals surface area contributed by atoms with Gasteiger partial charge in [-0.25, -0.2) is 0 Å². The van der Waals surface area contributed by atoms with Gasteiger partial charge in [-0.2, -0.15) is 0 Å². The molecule has 0 amide bonds. The molecule has 84 valence electrons. The SMILES string of the molecule is Cn1cc(CC(O)CC2CCCO2)nn1. The topological polar surface area (TPSA) is 60.2 Å². The third-order valence-corrected chi connectivity index (χ3v) is 2.65. The molecule has 1 N–H and O–H groups in total. The first-order chi connectivity index (χ1) is 7.24. The Kier molecular flexibility index (Phi) is 3.33. The summed E-state index contributed by atoms with van der Waals surface area (Å²) in [5.74, 6) is 0. The van der Waals surface area contributed by atoms with Crippen molar-refractivity contribution in [3.05, 3.63) is 11.9 Å². The van der Waals surface area contributed by atoms with E-state index < -0.39 is 0 Å². The number of aromatic nitrogens is 3. The Bertz CT molecular complexity index is 307. The summed E-state index contributed by atoms with van der Waals surface area (Å²) in [6, 6.07) is 0. The molecule has 1 aromatic heterocycles. The van der Waals surface area contributed by atoms with Gasteiger partial charge in [-0.3, -0.25) is 4.68 Å². The highest BCUT2D eigenvalue weighted by Gasteiger charge is 2.20. The number of aliphatic hydroxyl groups is 1. The Hall–Kier alpha value is -0.940. The van der Waals surface area contributed by atoms with Crippen molar-refractivity contribution in [3.8, 4) is 0 Å². The smallest absolute Gasteiger partial charge is 0.0852 e. The van der Waals surface area contributed by atoms with Crippen LogP contribution in [0.4, 0.5) is 0 Å². The molecule has 5 heteroatoms. The Balaban J connectivity index is 1.78. The van der Waals surface area contributed by atoms with Gasteiger partial charge in [0, 0.05) is 26.3 Å². The molecule has 2 rings (SSSR count). The van der Waals surface area contributed by atoms with Gasteiger partial charge < -0.3 is 9.84 Å². The quantitative estimate of drug-likeness (QED) is 0.777. The first-order valence-electron chi connectivity index (χ1n) is 5.39. The number of rotatable bonds is 4. The highest BCUT2D eigenvalue weighted by atomic mass is 16.5. The summed E-state index contributed by atoms with van der Waals surface area (Å²) in [7, 11) is 1.82. The van der Waals surface area contributed by atoms with Crippen LogP contribution in [-0.4, -0.2) is 38.9 Å². The Labute approximate surface area is 89.0 Å². The Morgan fingerprint density at radius 3 is 3.20 bits per heavy atom. The molecule has 1 aliphatic rings. The molecule has 0 aliphatic carbocycles. The summed E-state index contributed by atoms with van der Waals surface area (Å²) >= 11 is 0. The standard InChI is InChI=1S/C10H17N3O2/c1-13-7-8(11-12-13)5-9(14)6-10-3-2-4-15-10/h7,9-10,14H,2-6H2,1H3. The van der Waals surface area contributed by atoms with Crippen molar-refractivity contribution in [2.24, 2.45) is 7.05 Å².